The molecule has 0 fully saturated rings. The highest BCUT2D eigenvalue weighted by Crippen LogP contribution is 2.16. The number of hydrogen-bond donors (Lipinski definition) is 3. The van der Waals surface area contributed by atoms with Crippen molar-refractivity contribution in [1.82, 2.24) is 10.6 Å². The third-order valence-electron chi connectivity index (χ3n) is 5.26. The molecule has 1 amide bonds. The van der Waals surface area contributed by atoms with E-state index in [-0.39, 0.29) is 25.3 Å². The van der Waals surface area contributed by atoms with Crippen molar-refractivity contribution in [3.05, 3.63) is 70.8 Å². The van der Waals surface area contributed by atoms with Crippen molar-refractivity contribution in [2.45, 2.75) is 64.5 Å². The van der Waals surface area contributed by atoms with E-state index in [4.69, 9.17) is 0 Å². The number of amides is 1. The molecule has 2 atom stereocenters. The Kier molecular flexibility index (Phi) is 10.1. The molecule has 0 aromatic heterocycles. The number of unbranched alkanes of at least 4 members (excludes halogenated alkanes) is 1. The molecule has 0 unspecified atom stereocenters. The van der Waals surface area contributed by atoms with Gasteiger partial charge in [0.15, 0.2) is 0 Å². The van der Waals surface area contributed by atoms with E-state index < -0.39 is 23.8 Å². The third-order valence-corrected chi connectivity index (χ3v) is 5.26. The van der Waals surface area contributed by atoms with Gasteiger partial charge in [-0.25, -0.2) is 8.78 Å². The topological polar surface area (TPSA) is 61.4 Å². The summed E-state index contributed by atoms with van der Waals surface area (Å²) in [7, 11) is 0. The molecule has 170 valence electrons. The highest BCUT2D eigenvalue weighted by atomic mass is 19.1. The number of aliphatic hydroxyl groups is 1. The lowest BCUT2D eigenvalue weighted by Gasteiger charge is -2.25. The van der Waals surface area contributed by atoms with E-state index in [2.05, 4.69) is 31.4 Å². The molecule has 31 heavy (non-hydrogen) atoms. The van der Waals surface area contributed by atoms with Gasteiger partial charge in [0.2, 0.25) is 5.91 Å². The first-order chi connectivity index (χ1) is 14.8. The van der Waals surface area contributed by atoms with Crippen molar-refractivity contribution in [2.75, 3.05) is 13.1 Å². The van der Waals surface area contributed by atoms with Crippen molar-refractivity contribution >= 4 is 5.91 Å². The lowest BCUT2D eigenvalue weighted by Crippen LogP contribution is -2.49. The summed E-state index contributed by atoms with van der Waals surface area (Å²) < 4.78 is 27.2. The van der Waals surface area contributed by atoms with Crippen molar-refractivity contribution in [3.8, 4) is 0 Å². The van der Waals surface area contributed by atoms with Crippen LogP contribution in [0.15, 0.2) is 42.5 Å². The van der Waals surface area contributed by atoms with Crippen LogP contribution < -0.4 is 10.6 Å². The fraction of sp³-hybridized carbons (Fsp3) is 0.480. The molecule has 2 aromatic rings. The van der Waals surface area contributed by atoms with E-state index in [0.717, 1.165) is 31.0 Å². The minimum atomic E-state index is -0.893. The summed E-state index contributed by atoms with van der Waals surface area (Å²) in [4.78, 5) is 12.7. The zero-order valence-electron chi connectivity index (χ0n) is 18.6. The van der Waals surface area contributed by atoms with Crippen LogP contribution in [-0.2, 0) is 17.6 Å². The average molecular weight is 433 g/mol. The highest BCUT2D eigenvalue weighted by Gasteiger charge is 2.22. The van der Waals surface area contributed by atoms with Gasteiger partial charge >= 0.3 is 0 Å². The summed E-state index contributed by atoms with van der Waals surface area (Å²) in [6.45, 7) is 7.33. The van der Waals surface area contributed by atoms with Crippen LogP contribution in [0.1, 0.15) is 56.2 Å². The minimum Gasteiger partial charge on any atom is -0.390 e. The van der Waals surface area contributed by atoms with Gasteiger partial charge in [-0.15, -0.1) is 0 Å². The highest BCUT2D eigenvalue weighted by molar-refractivity contribution is 5.79. The second-order valence-corrected chi connectivity index (χ2v) is 8.35. The first-order valence-corrected chi connectivity index (χ1v) is 11.0. The van der Waals surface area contributed by atoms with E-state index in [0.29, 0.717) is 11.5 Å². The molecule has 0 aliphatic carbocycles. The number of carbonyl (C=O) groups is 1. The van der Waals surface area contributed by atoms with Crippen LogP contribution >= 0.6 is 0 Å². The number of hydrogen-bond acceptors (Lipinski definition) is 3. The Morgan fingerprint density at radius 3 is 2.26 bits per heavy atom. The normalized spacial score (nSPS) is 13.3. The van der Waals surface area contributed by atoms with Crippen LogP contribution in [-0.4, -0.2) is 36.2 Å². The van der Waals surface area contributed by atoms with Crippen LogP contribution in [0.5, 0.6) is 0 Å². The largest absolute Gasteiger partial charge is 0.390 e. The molecule has 4 nitrogen and oxygen atoms in total. The Hall–Kier alpha value is -2.31. The Morgan fingerprint density at radius 1 is 1.03 bits per heavy atom. The molecule has 0 bridgehead atoms. The van der Waals surface area contributed by atoms with Crippen molar-refractivity contribution in [1.29, 1.82) is 0 Å². The molecule has 0 heterocycles. The van der Waals surface area contributed by atoms with Crippen LogP contribution in [0, 0.1) is 11.6 Å². The van der Waals surface area contributed by atoms with Crippen LogP contribution in [0.2, 0.25) is 0 Å². The average Bonchev–Trinajstić information content (AvgIpc) is 2.70. The van der Waals surface area contributed by atoms with Crippen molar-refractivity contribution in [2.24, 2.45) is 0 Å². The zero-order chi connectivity index (χ0) is 22.8. The van der Waals surface area contributed by atoms with Crippen molar-refractivity contribution < 1.29 is 18.7 Å². The molecule has 2 aromatic carbocycles. The molecular formula is C25H34F2N2O2. The standard InChI is InChI=1S/C25H34F2N2O2/c1-4-5-10-28-16-24(30)23(13-19-11-21(26)15-22(27)12-19)29-25(31)14-18-6-8-20(9-7-18)17(2)3/h6-9,11-12,15,17,23-24,28,30H,4-5,10,13-14,16H2,1-3H3,(H,29,31)/t23-,24+/m0/s1. The molecule has 0 spiro atoms. The molecule has 0 saturated heterocycles. The second kappa shape index (κ2) is 12.5. The molecule has 0 radical (unpaired) electrons. The molecule has 6 heteroatoms. The van der Waals surface area contributed by atoms with Gasteiger partial charge in [0, 0.05) is 12.6 Å². The van der Waals surface area contributed by atoms with E-state index in [1.165, 1.54) is 17.7 Å². The summed E-state index contributed by atoms with van der Waals surface area (Å²) in [5.74, 6) is -1.19. The number of benzene rings is 2. The van der Waals surface area contributed by atoms with Crippen molar-refractivity contribution in [3.63, 3.8) is 0 Å². The van der Waals surface area contributed by atoms with E-state index in [1.807, 2.05) is 24.3 Å². The monoisotopic (exact) mass is 432 g/mol. The van der Waals surface area contributed by atoms with E-state index in [9.17, 15) is 18.7 Å². The van der Waals surface area contributed by atoms with Gasteiger partial charge < -0.3 is 15.7 Å². The minimum absolute atomic E-state index is 0.128. The quantitative estimate of drug-likeness (QED) is 0.443. The number of aliphatic hydroxyl groups excluding tert-OH is 1. The zero-order valence-corrected chi connectivity index (χ0v) is 18.6. The van der Waals surface area contributed by atoms with Gasteiger partial charge in [0.1, 0.15) is 11.6 Å². The SMILES string of the molecule is CCCCNC[C@@H](O)[C@H](Cc1cc(F)cc(F)c1)NC(=O)Cc1ccc(C(C)C)cc1. The van der Waals surface area contributed by atoms with Gasteiger partial charge in [-0.1, -0.05) is 51.5 Å². The maximum absolute atomic E-state index is 13.6. The molecule has 0 saturated carbocycles. The van der Waals surface area contributed by atoms with Gasteiger partial charge in [-0.2, -0.15) is 0 Å². The predicted molar refractivity (Wildman–Crippen MR) is 120 cm³/mol. The summed E-state index contributed by atoms with van der Waals surface area (Å²) in [6, 6.07) is 10.5. The first-order valence-electron chi connectivity index (χ1n) is 11.0. The Morgan fingerprint density at radius 2 is 1.68 bits per heavy atom. The van der Waals surface area contributed by atoms with Crippen LogP contribution in [0.4, 0.5) is 8.78 Å². The molecular weight excluding hydrogens is 398 g/mol. The summed E-state index contributed by atoms with van der Waals surface area (Å²) in [6.07, 6.45) is 1.41. The molecule has 3 N–H and O–H groups in total. The van der Waals surface area contributed by atoms with Gasteiger partial charge in [0.25, 0.3) is 0 Å². The van der Waals surface area contributed by atoms with Gasteiger partial charge in [0.05, 0.1) is 18.6 Å². The summed E-state index contributed by atoms with van der Waals surface area (Å²) in [5.41, 5.74) is 2.45. The lowest BCUT2D eigenvalue weighted by molar-refractivity contribution is -0.122. The number of halogens is 2. The summed E-state index contributed by atoms with van der Waals surface area (Å²) >= 11 is 0. The summed E-state index contributed by atoms with van der Waals surface area (Å²) in [5, 5.41) is 16.7. The predicted octanol–water partition coefficient (Wildman–Crippen LogP) is 4.11. The fourth-order valence-corrected chi connectivity index (χ4v) is 3.42. The molecule has 0 aliphatic heterocycles. The number of carbonyl (C=O) groups excluding carboxylic acids is 1. The van der Waals surface area contributed by atoms with Gasteiger partial charge in [-0.05, 0) is 54.1 Å². The number of nitrogens with one attached hydrogen (secondary N) is 2. The van der Waals surface area contributed by atoms with Crippen LogP contribution in [0.3, 0.4) is 0 Å². The second-order valence-electron chi connectivity index (χ2n) is 8.35. The molecule has 0 aliphatic rings. The smallest absolute Gasteiger partial charge is 0.224 e. The maximum Gasteiger partial charge on any atom is 0.224 e. The van der Waals surface area contributed by atoms with Gasteiger partial charge in [-0.3, -0.25) is 4.79 Å². The fourth-order valence-electron chi connectivity index (χ4n) is 3.42. The Labute approximate surface area is 184 Å². The van der Waals surface area contributed by atoms with Crippen LogP contribution in [0.25, 0.3) is 0 Å². The van der Waals surface area contributed by atoms with E-state index in [1.54, 1.807) is 0 Å². The number of rotatable bonds is 12. The maximum atomic E-state index is 13.6. The first kappa shape index (κ1) is 25.0. The lowest BCUT2D eigenvalue weighted by atomic mass is 9.99. The Balaban J connectivity index is 2.06. The Bertz CT molecular complexity index is 805. The molecule has 2 rings (SSSR count). The van der Waals surface area contributed by atoms with E-state index >= 15 is 0 Å². The third kappa shape index (κ3) is 8.75.